The van der Waals surface area contributed by atoms with E-state index in [1.807, 2.05) is 57.2 Å². The predicted octanol–water partition coefficient (Wildman–Crippen LogP) is 6.10. The van der Waals surface area contributed by atoms with Crippen molar-refractivity contribution in [2.24, 2.45) is 0 Å². The van der Waals surface area contributed by atoms with Crippen LogP contribution in [-0.2, 0) is 37.7 Å². The monoisotopic (exact) mass is 682 g/mol. The molecule has 0 N–H and O–H groups in total. The minimum Gasteiger partial charge on any atom is -0.402 e. The predicted molar refractivity (Wildman–Crippen MR) is 185 cm³/mol. The number of hydrogen-bond donors (Lipinski definition) is 0. The average molecular weight is 683 g/mol. The second-order valence-corrected chi connectivity index (χ2v) is 19.8. The van der Waals surface area contributed by atoms with Crippen LogP contribution >= 0.6 is 0 Å². The molecule has 0 aliphatic carbocycles. The first-order valence-electron chi connectivity index (χ1n) is 16.6. The van der Waals surface area contributed by atoms with Gasteiger partial charge in [-0.05, 0) is 61.2 Å². The standard InChI is InChI=1S/C37H50O8SSi/c1-8-9-25-40-33-32(42-35-34(33)43-37(6,7)44-35)31(24-26-41-46(38,39)28-22-20-27(2)21-23-28)45-47(36(3,4)5,29-16-12-10-13-17-29)30-18-14-11-15-19-30/h10-23,31-35H,8-9,24-26H2,1-7H3/t31-,32-,33-,34-,35-/m1/s1. The van der Waals surface area contributed by atoms with Gasteiger partial charge < -0.3 is 23.4 Å². The molecule has 0 bridgehead atoms. The Balaban J connectivity index is 1.55. The van der Waals surface area contributed by atoms with Crippen molar-refractivity contribution in [2.45, 2.75) is 114 Å². The Morgan fingerprint density at radius 1 is 0.872 bits per heavy atom. The number of aryl methyl sites for hydroxylation is 1. The maximum Gasteiger partial charge on any atom is 0.296 e. The summed E-state index contributed by atoms with van der Waals surface area (Å²) in [5, 5.41) is 1.88. The Labute approximate surface area is 281 Å². The highest BCUT2D eigenvalue weighted by Gasteiger charge is 2.59. The summed E-state index contributed by atoms with van der Waals surface area (Å²) in [7, 11) is -7.10. The van der Waals surface area contributed by atoms with E-state index >= 15 is 0 Å². The van der Waals surface area contributed by atoms with Gasteiger partial charge in [0.2, 0.25) is 0 Å². The average Bonchev–Trinajstić information content (AvgIpc) is 3.51. The van der Waals surface area contributed by atoms with Gasteiger partial charge in [0.1, 0.15) is 18.3 Å². The molecule has 2 fully saturated rings. The fourth-order valence-corrected chi connectivity index (χ4v) is 12.3. The van der Waals surface area contributed by atoms with Crippen molar-refractivity contribution in [2.75, 3.05) is 13.2 Å². The van der Waals surface area contributed by atoms with Crippen molar-refractivity contribution in [3.05, 3.63) is 90.5 Å². The Kier molecular flexibility index (Phi) is 11.1. The summed E-state index contributed by atoms with van der Waals surface area (Å²) in [4.78, 5) is 0.115. The van der Waals surface area contributed by atoms with E-state index in [9.17, 15) is 8.42 Å². The zero-order chi connectivity index (χ0) is 33.9. The number of hydrogen-bond acceptors (Lipinski definition) is 8. The van der Waals surface area contributed by atoms with Crippen LogP contribution in [0.2, 0.25) is 5.04 Å². The van der Waals surface area contributed by atoms with Crippen LogP contribution in [-0.4, -0.2) is 66.4 Å². The van der Waals surface area contributed by atoms with Crippen molar-refractivity contribution < 1.29 is 36.0 Å². The van der Waals surface area contributed by atoms with Crippen molar-refractivity contribution in [3.8, 4) is 0 Å². The highest BCUT2D eigenvalue weighted by atomic mass is 32.2. The normalized spacial score (nSPS) is 23.5. The molecule has 0 saturated carbocycles. The van der Waals surface area contributed by atoms with Crippen molar-refractivity contribution in [1.82, 2.24) is 0 Å². The lowest BCUT2D eigenvalue weighted by molar-refractivity contribution is -0.229. The van der Waals surface area contributed by atoms with E-state index in [1.54, 1.807) is 24.3 Å². The van der Waals surface area contributed by atoms with E-state index in [1.165, 1.54) is 0 Å². The summed E-state index contributed by atoms with van der Waals surface area (Å²) in [6.45, 7) is 14.8. The van der Waals surface area contributed by atoms with E-state index in [0.29, 0.717) is 6.61 Å². The van der Waals surface area contributed by atoms with Crippen LogP contribution in [0.3, 0.4) is 0 Å². The third kappa shape index (κ3) is 7.92. The molecule has 0 spiro atoms. The first kappa shape index (κ1) is 35.9. The first-order valence-corrected chi connectivity index (χ1v) is 20.0. The van der Waals surface area contributed by atoms with E-state index in [4.69, 9.17) is 27.6 Å². The van der Waals surface area contributed by atoms with E-state index < -0.39 is 54.9 Å². The van der Waals surface area contributed by atoms with Gasteiger partial charge in [0.15, 0.2) is 12.1 Å². The Morgan fingerprint density at radius 2 is 1.47 bits per heavy atom. The molecule has 3 aromatic rings. The molecule has 47 heavy (non-hydrogen) atoms. The third-order valence-corrected chi connectivity index (χ3v) is 15.3. The van der Waals surface area contributed by atoms with Crippen LogP contribution in [0.4, 0.5) is 0 Å². The Hall–Kier alpha value is -2.41. The van der Waals surface area contributed by atoms with Gasteiger partial charge in [-0.15, -0.1) is 0 Å². The van der Waals surface area contributed by atoms with Gasteiger partial charge in [0, 0.05) is 6.61 Å². The molecule has 3 aromatic carbocycles. The molecule has 0 unspecified atom stereocenters. The van der Waals surface area contributed by atoms with Crippen LogP contribution < -0.4 is 10.4 Å². The summed E-state index contributed by atoms with van der Waals surface area (Å²) < 4.78 is 65.5. The summed E-state index contributed by atoms with van der Waals surface area (Å²) >= 11 is 0. The summed E-state index contributed by atoms with van der Waals surface area (Å²) in [6, 6.07) is 27.4. The van der Waals surface area contributed by atoms with E-state index in [2.05, 4.69) is 52.0 Å². The smallest absolute Gasteiger partial charge is 0.296 e. The molecular formula is C37H50O8SSi. The lowest BCUT2D eigenvalue weighted by Crippen LogP contribution is -2.69. The molecule has 0 aromatic heterocycles. The fraction of sp³-hybridized carbons (Fsp3) is 0.514. The molecule has 10 heteroatoms. The van der Waals surface area contributed by atoms with Gasteiger partial charge in [0.25, 0.3) is 18.4 Å². The largest absolute Gasteiger partial charge is 0.402 e. The molecule has 2 saturated heterocycles. The zero-order valence-electron chi connectivity index (χ0n) is 28.7. The molecule has 256 valence electrons. The van der Waals surface area contributed by atoms with Crippen molar-refractivity contribution >= 4 is 28.8 Å². The number of rotatable bonds is 14. The van der Waals surface area contributed by atoms with Gasteiger partial charge >= 0.3 is 0 Å². The van der Waals surface area contributed by atoms with E-state index in [-0.39, 0.29) is 23.0 Å². The maximum atomic E-state index is 13.3. The Morgan fingerprint density at radius 3 is 2.02 bits per heavy atom. The lowest BCUT2D eigenvalue weighted by Gasteiger charge is -2.46. The minimum atomic E-state index is -4.00. The van der Waals surface area contributed by atoms with Crippen molar-refractivity contribution in [3.63, 3.8) is 0 Å². The summed E-state index contributed by atoms with van der Waals surface area (Å²) in [5.74, 6) is -0.827. The minimum absolute atomic E-state index is 0.108. The second kappa shape index (κ2) is 14.6. The highest BCUT2D eigenvalue weighted by Crippen LogP contribution is 2.43. The van der Waals surface area contributed by atoms with Crippen LogP contribution in [0.5, 0.6) is 0 Å². The van der Waals surface area contributed by atoms with E-state index in [0.717, 1.165) is 28.8 Å². The lowest BCUT2D eigenvalue weighted by atomic mass is 10.0. The second-order valence-electron chi connectivity index (χ2n) is 14.0. The highest BCUT2D eigenvalue weighted by molar-refractivity contribution is 7.86. The topological polar surface area (TPSA) is 89.5 Å². The molecule has 2 heterocycles. The van der Waals surface area contributed by atoms with Crippen LogP contribution in [0, 0.1) is 6.92 Å². The Bertz CT molecular complexity index is 1500. The third-order valence-electron chi connectivity index (χ3n) is 8.90. The van der Waals surface area contributed by atoms with Gasteiger partial charge in [-0.25, -0.2) is 0 Å². The number of unbranched alkanes of at least 4 members (excludes halogenated alkanes) is 1. The van der Waals surface area contributed by atoms with Crippen LogP contribution in [0.25, 0.3) is 0 Å². The van der Waals surface area contributed by atoms with Crippen molar-refractivity contribution in [1.29, 1.82) is 0 Å². The number of fused-ring (bicyclic) bond motifs is 1. The van der Waals surface area contributed by atoms with Gasteiger partial charge in [0.05, 0.1) is 17.6 Å². The molecule has 0 amide bonds. The van der Waals surface area contributed by atoms with Gasteiger partial charge in [-0.3, -0.25) is 4.18 Å². The van der Waals surface area contributed by atoms with Gasteiger partial charge in [-0.1, -0.05) is 112 Å². The quantitative estimate of drug-likeness (QED) is 0.115. The first-order chi connectivity index (χ1) is 22.3. The number of benzene rings is 3. The number of ether oxygens (including phenoxy) is 4. The molecule has 0 radical (unpaired) electrons. The molecule has 5 rings (SSSR count). The summed E-state index contributed by atoms with van der Waals surface area (Å²) in [5.41, 5.74) is 0.966. The maximum absolute atomic E-state index is 13.3. The molecule has 2 aliphatic rings. The van der Waals surface area contributed by atoms with Crippen LogP contribution in [0.15, 0.2) is 89.8 Å². The fourth-order valence-electron chi connectivity index (χ4n) is 6.61. The van der Waals surface area contributed by atoms with Gasteiger partial charge in [-0.2, -0.15) is 8.42 Å². The molecular weight excluding hydrogens is 633 g/mol. The molecule has 8 nitrogen and oxygen atoms in total. The summed E-state index contributed by atoms with van der Waals surface area (Å²) in [6.07, 6.45) is -0.752. The SMILES string of the molecule is CCCCO[C@H]1[C@H]2OC(C)(C)O[C@H]2O[C@@H]1[C@@H](CCOS(=O)(=O)c1ccc(C)cc1)O[Si](c1ccccc1)(c1ccccc1)C(C)(C)C. The molecule has 2 aliphatic heterocycles. The van der Waals surface area contributed by atoms with Crippen LogP contribution in [0.1, 0.15) is 66.4 Å². The molecule has 5 atom stereocenters. The zero-order valence-corrected chi connectivity index (χ0v) is 30.5.